The number of esters is 1. The maximum absolute atomic E-state index is 13.0. The maximum Gasteiger partial charge on any atom is 0.338 e. The second kappa shape index (κ2) is 9.64. The van der Waals surface area contributed by atoms with Gasteiger partial charge in [0.25, 0.3) is 0 Å². The maximum atomic E-state index is 13.0. The zero-order chi connectivity index (χ0) is 20.6. The summed E-state index contributed by atoms with van der Waals surface area (Å²) in [5.41, 5.74) is 3.12. The standard InChI is InChI=1S/C22H23FN4O2/c1-3-29-21(28)17-6-10-19(11-7-17)26-22-25-15(2)14-20(27-22)24-13-12-16-4-8-18(23)9-5-16/h4-11,14H,3,12-13H2,1-2H3,(H2,24,25,26,27). The number of benzene rings is 2. The van der Waals surface area contributed by atoms with Crippen LogP contribution in [0.1, 0.15) is 28.5 Å². The lowest BCUT2D eigenvalue weighted by atomic mass is 10.1. The molecule has 0 bridgehead atoms. The van der Waals surface area contributed by atoms with Crippen LogP contribution in [0.25, 0.3) is 0 Å². The minimum atomic E-state index is -0.349. The van der Waals surface area contributed by atoms with Crippen LogP contribution in [-0.4, -0.2) is 29.1 Å². The van der Waals surface area contributed by atoms with Crippen LogP contribution in [0.5, 0.6) is 0 Å². The van der Waals surface area contributed by atoms with Crippen molar-refractivity contribution in [3.63, 3.8) is 0 Å². The number of hydrogen-bond donors (Lipinski definition) is 2. The van der Waals surface area contributed by atoms with Crippen molar-refractivity contribution < 1.29 is 13.9 Å². The van der Waals surface area contributed by atoms with Crippen molar-refractivity contribution in [3.05, 3.63) is 77.2 Å². The van der Waals surface area contributed by atoms with Crippen LogP contribution in [0.15, 0.2) is 54.6 Å². The molecule has 0 aliphatic rings. The molecule has 0 radical (unpaired) electrons. The first-order valence-corrected chi connectivity index (χ1v) is 9.41. The molecule has 29 heavy (non-hydrogen) atoms. The predicted molar refractivity (Wildman–Crippen MR) is 111 cm³/mol. The topological polar surface area (TPSA) is 76.1 Å². The van der Waals surface area contributed by atoms with Crippen LogP contribution in [0.2, 0.25) is 0 Å². The van der Waals surface area contributed by atoms with Crippen LogP contribution in [0.4, 0.5) is 21.8 Å². The molecule has 0 atom stereocenters. The first kappa shape index (κ1) is 20.3. The van der Waals surface area contributed by atoms with Crippen LogP contribution < -0.4 is 10.6 Å². The molecule has 0 aliphatic heterocycles. The molecule has 0 amide bonds. The Kier molecular flexibility index (Phi) is 6.73. The van der Waals surface area contributed by atoms with Crippen LogP contribution in [0.3, 0.4) is 0 Å². The number of aromatic nitrogens is 2. The number of halogens is 1. The van der Waals surface area contributed by atoms with Crippen molar-refractivity contribution in [2.45, 2.75) is 20.3 Å². The van der Waals surface area contributed by atoms with E-state index in [1.54, 1.807) is 43.3 Å². The normalized spacial score (nSPS) is 10.4. The number of carbonyl (C=O) groups excluding carboxylic acids is 1. The fourth-order valence-corrected chi connectivity index (χ4v) is 2.73. The molecule has 0 spiro atoms. The van der Waals surface area contributed by atoms with E-state index in [0.717, 1.165) is 23.4 Å². The van der Waals surface area contributed by atoms with Crippen molar-refractivity contribution >= 4 is 23.4 Å². The van der Waals surface area contributed by atoms with E-state index in [1.807, 2.05) is 13.0 Å². The fraction of sp³-hybridized carbons (Fsp3) is 0.227. The highest BCUT2D eigenvalue weighted by atomic mass is 19.1. The second-order valence-corrected chi connectivity index (χ2v) is 6.44. The van der Waals surface area contributed by atoms with Gasteiger partial charge < -0.3 is 15.4 Å². The van der Waals surface area contributed by atoms with Crippen molar-refractivity contribution in [3.8, 4) is 0 Å². The van der Waals surface area contributed by atoms with Gasteiger partial charge in [-0.15, -0.1) is 0 Å². The number of anilines is 3. The zero-order valence-corrected chi connectivity index (χ0v) is 16.4. The minimum Gasteiger partial charge on any atom is -0.462 e. The molecule has 3 aromatic rings. The summed E-state index contributed by atoms with van der Waals surface area (Å²) in [6.07, 6.45) is 0.751. The highest BCUT2D eigenvalue weighted by Gasteiger charge is 2.07. The first-order chi connectivity index (χ1) is 14.0. The number of aryl methyl sites for hydroxylation is 1. The van der Waals surface area contributed by atoms with Gasteiger partial charge in [0, 0.05) is 24.0 Å². The summed E-state index contributed by atoms with van der Waals surface area (Å²) in [6.45, 7) is 4.67. The Morgan fingerprint density at radius 2 is 1.79 bits per heavy atom. The van der Waals surface area contributed by atoms with Crippen LogP contribution in [0, 0.1) is 12.7 Å². The molecule has 1 heterocycles. The van der Waals surface area contributed by atoms with E-state index in [1.165, 1.54) is 12.1 Å². The third-order valence-electron chi connectivity index (χ3n) is 4.14. The van der Waals surface area contributed by atoms with Gasteiger partial charge in [-0.05, 0) is 62.2 Å². The Hall–Kier alpha value is -3.48. The van der Waals surface area contributed by atoms with Gasteiger partial charge in [-0.25, -0.2) is 14.2 Å². The van der Waals surface area contributed by atoms with Gasteiger partial charge in [-0.2, -0.15) is 4.98 Å². The Balaban J connectivity index is 1.61. The van der Waals surface area contributed by atoms with E-state index in [-0.39, 0.29) is 11.8 Å². The summed E-state index contributed by atoms with van der Waals surface area (Å²) < 4.78 is 18.0. The number of hydrogen-bond acceptors (Lipinski definition) is 6. The van der Waals surface area contributed by atoms with Gasteiger partial charge in [0.2, 0.25) is 5.95 Å². The van der Waals surface area contributed by atoms with Crippen molar-refractivity contribution in [1.82, 2.24) is 9.97 Å². The summed E-state index contributed by atoms with van der Waals surface area (Å²) in [4.78, 5) is 20.6. The van der Waals surface area contributed by atoms with E-state index < -0.39 is 0 Å². The summed E-state index contributed by atoms with van der Waals surface area (Å²) in [5.74, 6) is 0.570. The third-order valence-corrected chi connectivity index (χ3v) is 4.14. The van der Waals surface area contributed by atoms with E-state index in [4.69, 9.17) is 4.74 Å². The van der Waals surface area contributed by atoms with E-state index in [0.29, 0.717) is 30.5 Å². The molecule has 0 unspecified atom stereocenters. The van der Waals surface area contributed by atoms with Gasteiger partial charge in [-0.1, -0.05) is 12.1 Å². The van der Waals surface area contributed by atoms with Gasteiger partial charge in [0.1, 0.15) is 11.6 Å². The lowest BCUT2D eigenvalue weighted by molar-refractivity contribution is 0.0526. The zero-order valence-electron chi connectivity index (χ0n) is 16.4. The Labute approximate surface area is 169 Å². The molecular weight excluding hydrogens is 371 g/mol. The third kappa shape index (κ3) is 6.00. The van der Waals surface area contributed by atoms with Gasteiger partial charge >= 0.3 is 5.97 Å². The molecular formula is C22H23FN4O2. The molecule has 2 aromatic carbocycles. The number of nitrogens with zero attached hydrogens (tertiary/aromatic N) is 2. The number of nitrogens with one attached hydrogen (secondary N) is 2. The average molecular weight is 394 g/mol. The molecule has 6 nitrogen and oxygen atoms in total. The second-order valence-electron chi connectivity index (χ2n) is 6.44. The molecule has 0 fully saturated rings. The van der Waals surface area contributed by atoms with Gasteiger partial charge in [0.05, 0.1) is 12.2 Å². The Morgan fingerprint density at radius 1 is 1.07 bits per heavy atom. The minimum absolute atomic E-state index is 0.237. The molecule has 0 saturated heterocycles. The molecule has 0 saturated carbocycles. The smallest absolute Gasteiger partial charge is 0.338 e. The summed E-state index contributed by atoms with van der Waals surface area (Å²) in [5, 5.41) is 6.41. The SMILES string of the molecule is CCOC(=O)c1ccc(Nc2nc(C)cc(NCCc3ccc(F)cc3)n2)cc1. The van der Waals surface area contributed by atoms with Gasteiger partial charge in [-0.3, -0.25) is 0 Å². The summed E-state index contributed by atoms with van der Waals surface area (Å²) >= 11 is 0. The van der Waals surface area contributed by atoms with Crippen molar-refractivity contribution in [1.29, 1.82) is 0 Å². The summed E-state index contributed by atoms with van der Waals surface area (Å²) in [7, 11) is 0. The summed E-state index contributed by atoms with van der Waals surface area (Å²) in [6, 6.07) is 15.3. The predicted octanol–water partition coefficient (Wildman–Crippen LogP) is 4.50. The quantitative estimate of drug-likeness (QED) is 0.548. The Morgan fingerprint density at radius 3 is 2.48 bits per heavy atom. The van der Waals surface area contributed by atoms with Crippen molar-refractivity contribution in [2.24, 2.45) is 0 Å². The lowest BCUT2D eigenvalue weighted by Crippen LogP contribution is -2.09. The molecule has 1 aromatic heterocycles. The van der Waals surface area contributed by atoms with E-state index in [9.17, 15) is 9.18 Å². The highest BCUT2D eigenvalue weighted by Crippen LogP contribution is 2.17. The fourth-order valence-electron chi connectivity index (χ4n) is 2.73. The number of carbonyl (C=O) groups is 1. The lowest BCUT2D eigenvalue weighted by Gasteiger charge is -2.10. The first-order valence-electron chi connectivity index (χ1n) is 9.41. The van der Waals surface area contributed by atoms with Gasteiger partial charge in [0.15, 0.2) is 0 Å². The largest absolute Gasteiger partial charge is 0.462 e. The highest BCUT2D eigenvalue weighted by molar-refractivity contribution is 5.89. The molecule has 150 valence electrons. The molecule has 2 N–H and O–H groups in total. The average Bonchev–Trinajstić information content (AvgIpc) is 2.70. The molecule has 0 aliphatic carbocycles. The molecule has 7 heteroatoms. The Bertz CT molecular complexity index is 960. The van der Waals surface area contributed by atoms with E-state index >= 15 is 0 Å². The number of rotatable bonds is 8. The van der Waals surface area contributed by atoms with Crippen molar-refractivity contribution in [2.75, 3.05) is 23.8 Å². The monoisotopic (exact) mass is 394 g/mol. The number of ether oxygens (including phenoxy) is 1. The van der Waals surface area contributed by atoms with Crippen LogP contribution in [-0.2, 0) is 11.2 Å². The van der Waals surface area contributed by atoms with Crippen LogP contribution >= 0.6 is 0 Å². The molecule has 3 rings (SSSR count). The van der Waals surface area contributed by atoms with E-state index in [2.05, 4.69) is 20.6 Å².